The van der Waals surface area contributed by atoms with Crippen LogP contribution in [0.1, 0.15) is 108 Å². The predicted octanol–water partition coefficient (Wildman–Crippen LogP) is 18.7. The fourth-order valence-electron chi connectivity index (χ4n) is 21.0. The number of anilines is 4. The third-order valence-electron chi connectivity index (χ3n) is 29.7. The second-order valence-corrected chi connectivity index (χ2v) is 39.5. The van der Waals surface area contributed by atoms with E-state index in [2.05, 4.69) is 269 Å². The summed E-state index contributed by atoms with van der Waals surface area (Å²) >= 11 is 0. The SMILES string of the molecule is CC(C)N1CCN(C(=O)CCNC2CCN(c3cccc(-c4cc5cc(C#N)ccc5[nH]4)c3)CC2)CC1.CN1CCN(C(=O)CCNC2CCN(c3cccc(-c4cc5cc(F)ccc5[nH]4)c3)CC2)CC1.N#Cc1ccc2[nH]c(-c3cccc(N4CCC(NCc5cccc(N=[N+]=[N-])c5)CC4)c3)cc2c1.c1cc(-c2cc3ccccc3[nH]2)cc(N2CCC(NCCN3CCN(CC4CC4)CC3)CC2)c1. The van der Waals surface area contributed by atoms with E-state index in [1.807, 2.05) is 70.5 Å². The first-order valence-corrected chi connectivity index (χ1v) is 50.9. The summed E-state index contributed by atoms with van der Waals surface area (Å²) in [6.45, 7) is 31.0. The van der Waals surface area contributed by atoms with Crippen LogP contribution in [0.3, 0.4) is 0 Å². The molecule has 9 aromatic carbocycles. The highest BCUT2D eigenvalue weighted by atomic mass is 19.1. The van der Waals surface area contributed by atoms with Gasteiger partial charge in [0, 0.05) is 313 Å². The second-order valence-electron chi connectivity index (χ2n) is 39.5. The van der Waals surface area contributed by atoms with Crippen LogP contribution in [0.25, 0.3) is 99.1 Å². The van der Waals surface area contributed by atoms with Crippen LogP contribution in [0.4, 0.5) is 32.8 Å². The van der Waals surface area contributed by atoms with E-state index in [9.17, 15) is 19.2 Å². The molecule has 722 valence electrons. The summed E-state index contributed by atoms with van der Waals surface area (Å²) in [5, 5.41) is 41.1. The molecule has 1 saturated carbocycles. The van der Waals surface area contributed by atoms with Crippen molar-refractivity contribution in [1.29, 1.82) is 10.5 Å². The molecule has 0 atom stereocenters. The van der Waals surface area contributed by atoms with E-state index in [1.54, 1.807) is 12.1 Å². The van der Waals surface area contributed by atoms with Crippen molar-refractivity contribution in [2.24, 2.45) is 11.0 Å². The maximum Gasteiger partial charge on any atom is 0.223 e. The van der Waals surface area contributed by atoms with Gasteiger partial charge in [-0.2, -0.15) is 10.5 Å². The molecular formula is C113H136FN23O2. The third-order valence-corrected chi connectivity index (χ3v) is 29.7. The molecule has 8 fully saturated rings. The molecule has 26 heteroatoms. The van der Waals surface area contributed by atoms with Crippen molar-refractivity contribution >= 4 is 83.9 Å². The van der Waals surface area contributed by atoms with Crippen molar-refractivity contribution in [2.45, 2.75) is 128 Å². The van der Waals surface area contributed by atoms with Gasteiger partial charge in [-0.15, -0.1) is 0 Å². The summed E-state index contributed by atoms with van der Waals surface area (Å²) in [5.41, 5.74) is 30.0. The van der Waals surface area contributed by atoms with Crippen molar-refractivity contribution in [1.82, 2.24) is 70.6 Å². The number of para-hydroxylation sites is 1. The highest BCUT2D eigenvalue weighted by molar-refractivity contribution is 5.91. The van der Waals surface area contributed by atoms with Gasteiger partial charge in [0.05, 0.1) is 23.3 Å². The predicted molar refractivity (Wildman–Crippen MR) is 564 cm³/mol. The molecular weight excluding hydrogens is 1730 g/mol. The largest absolute Gasteiger partial charge is 0.371 e. The Hall–Kier alpha value is -12.8. The van der Waals surface area contributed by atoms with Gasteiger partial charge in [0.2, 0.25) is 11.8 Å². The van der Waals surface area contributed by atoms with Crippen LogP contribution < -0.4 is 40.9 Å². The van der Waals surface area contributed by atoms with Gasteiger partial charge < -0.3 is 80.4 Å². The van der Waals surface area contributed by atoms with Crippen LogP contribution in [0.15, 0.2) is 230 Å². The van der Waals surface area contributed by atoms with Crippen LogP contribution >= 0.6 is 0 Å². The van der Waals surface area contributed by atoms with Crippen molar-refractivity contribution in [3.63, 3.8) is 0 Å². The minimum Gasteiger partial charge on any atom is -0.371 e. The average Bonchev–Trinajstić information content (AvgIpc) is 1.65. The van der Waals surface area contributed by atoms with E-state index in [4.69, 9.17) is 10.8 Å². The smallest absolute Gasteiger partial charge is 0.223 e. The molecule has 2 amide bonds. The van der Waals surface area contributed by atoms with Crippen LogP contribution in [0, 0.1) is 34.4 Å². The first-order chi connectivity index (χ1) is 68.1. The van der Waals surface area contributed by atoms with E-state index in [-0.39, 0.29) is 17.6 Å². The number of amides is 2. The van der Waals surface area contributed by atoms with Gasteiger partial charge in [-0.05, 0) is 264 Å². The van der Waals surface area contributed by atoms with Crippen molar-refractivity contribution in [2.75, 3.05) is 190 Å². The number of likely N-dealkylation sites (N-methyl/N-ethyl adjacent to an activating group) is 1. The van der Waals surface area contributed by atoms with Gasteiger partial charge in [0.15, 0.2) is 0 Å². The number of rotatable bonds is 27. The zero-order valence-corrected chi connectivity index (χ0v) is 81.1. The number of fused-ring (bicyclic) bond motifs is 4. The number of azide groups is 1. The van der Waals surface area contributed by atoms with Gasteiger partial charge in [0.1, 0.15) is 5.82 Å². The number of carbonyl (C=O) groups excluding carboxylic acids is 2. The third kappa shape index (κ3) is 26.0. The Morgan fingerprint density at radius 1 is 0.410 bits per heavy atom. The summed E-state index contributed by atoms with van der Waals surface area (Å²) in [4.78, 5) is 65.9. The minimum atomic E-state index is -0.216. The van der Waals surface area contributed by atoms with Crippen LogP contribution in [0.2, 0.25) is 0 Å². The Morgan fingerprint density at radius 2 is 0.806 bits per heavy atom. The number of aromatic nitrogens is 4. The van der Waals surface area contributed by atoms with Gasteiger partial charge >= 0.3 is 0 Å². The summed E-state index contributed by atoms with van der Waals surface area (Å²) in [6.07, 6.45) is 13.0. The number of nitrogens with one attached hydrogen (secondary N) is 8. The standard InChI is InChI=1S/C30H38N6O.C29H39N5.C27H34FN5O.C27H25N7/c1-22(2)34-14-16-36(17-15-34)30(37)8-11-32-26-9-12-35(13-10-26)27-5-3-4-24(19-27)29-20-25-18-23(21-31)6-7-28(25)33-29;1-2-7-28-25(4-1)21-29(31-28)24-5-3-6-27(20-24)34-13-10-26(11-14-34)30-12-15-32-16-18-33(19-17-32)22-23-8-9-23;1-31-13-15-33(16-14-31)27(34)7-10-29-23-8-11-32(12-9-23)24-4-2-3-20(18-24)26-19-21-17-22(28)5-6-25(21)30-26;28-17-19-7-8-26-22(13-19)16-27(31-26)21-4-2-6-25(15-21)34-11-9-23(10-12-34)30-18-20-3-1-5-24(14-20)32-33-29/h3-7,18-20,22,26,32-33H,8-17H2,1-2H3;1-7,20-21,23,26,30-31H,8-19,22H2;2-6,17-19,23,29-30H,7-16H2,1H3;1-8,13-16,23,30-31H,9-12,18H2. The Morgan fingerprint density at radius 3 is 1.24 bits per heavy atom. The maximum absolute atomic E-state index is 13.6. The quantitative estimate of drug-likeness (QED) is 0.0135. The molecule has 8 aliphatic rings. The molecule has 4 aromatic heterocycles. The molecule has 0 bridgehead atoms. The number of nitriles is 2. The van der Waals surface area contributed by atoms with Crippen LogP contribution in [0.5, 0.6) is 0 Å². The maximum atomic E-state index is 13.6. The van der Waals surface area contributed by atoms with Gasteiger partial charge in [0.25, 0.3) is 0 Å². The number of piperidine rings is 4. The Bertz CT molecular complexity index is 6360. The molecule has 7 saturated heterocycles. The fraction of sp³-hybridized carbons (Fsp3) is 0.416. The lowest BCUT2D eigenvalue weighted by Crippen LogP contribution is -2.51. The van der Waals surface area contributed by atoms with E-state index >= 15 is 0 Å². The normalized spacial score (nSPS) is 17.6. The molecule has 1 aliphatic carbocycles. The number of H-pyrrole nitrogens is 4. The first-order valence-electron chi connectivity index (χ1n) is 50.9. The van der Waals surface area contributed by atoms with E-state index in [1.165, 1.54) is 116 Å². The number of benzene rings is 9. The summed E-state index contributed by atoms with van der Waals surface area (Å²) in [5.74, 6) is 1.36. The molecule has 11 heterocycles. The summed E-state index contributed by atoms with van der Waals surface area (Å²) in [7, 11) is 2.11. The lowest BCUT2D eigenvalue weighted by Gasteiger charge is -2.37. The zero-order valence-electron chi connectivity index (χ0n) is 81.1. The van der Waals surface area contributed by atoms with Gasteiger partial charge in [-0.1, -0.05) is 90.0 Å². The average molecular weight is 1870 g/mol. The lowest BCUT2D eigenvalue weighted by molar-refractivity contribution is -0.133. The van der Waals surface area contributed by atoms with Crippen LogP contribution in [-0.2, 0) is 16.1 Å². The van der Waals surface area contributed by atoms with E-state index < -0.39 is 0 Å². The molecule has 0 spiro atoms. The Kier molecular flexibility index (Phi) is 32.4. The number of hydrogen-bond donors (Lipinski definition) is 8. The second kappa shape index (κ2) is 46.8. The summed E-state index contributed by atoms with van der Waals surface area (Å²) < 4.78 is 13.6. The molecule has 139 heavy (non-hydrogen) atoms. The molecule has 25 nitrogen and oxygen atoms in total. The molecule has 0 radical (unpaired) electrons. The van der Waals surface area contributed by atoms with Crippen molar-refractivity contribution < 1.29 is 14.0 Å². The van der Waals surface area contributed by atoms with Crippen molar-refractivity contribution in [3.05, 3.63) is 257 Å². The highest BCUT2D eigenvalue weighted by Gasteiger charge is 2.30. The molecule has 13 aromatic rings. The van der Waals surface area contributed by atoms with Gasteiger partial charge in [-0.3, -0.25) is 19.4 Å². The lowest BCUT2D eigenvalue weighted by atomic mass is 10.0. The summed E-state index contributed by atoms with van der Waals surface area (Å²) in [6, 6.07) is 83.0. The van der Waals surface area contributed by atoms with Crippen LogP contribution in [-0.4, -0.2) is 262 Å². The molecule has 8 N–H and O–H groups in total. The molecule has 21 rings (SSSR count). The van der Waals surface area contributed by atoms with E-state index in [0.717, 1.165) is 247 Å². The number of halogens is 1. The number of nitrogens with zero attached hydrogens (tertiary/aromatic N) is 15. The zero-order chi connectivity index (χ0) is 95.3. The minimum absolute atomic E-state index is 0.216. The number of aromatic amines is 4. The number of piperazine rings is 3. The highest BCUT2D eigenvalue weighted by Crippen LogP contribution is 2.37. The Balaban J connectivity index is 0.000000123. The monoisotopic (exact) mass is 1870 g/mol. The van der Waals surface area contributed by atoms with E-state index in [0.29, 0.717) is 59.9 Å². The molecule has 7 aliphatic heterocycles. The fourth-order valence-corrected chi connectivity index (χ4v) is 21.0. The van der Waals surface area contributed by atoms with Gasteiger partial charge in [-0.25, -0.2) is 4.39 Å². The molecule has 0 unspecified atom stereocenters. The number of hydrogen-bond acceptors (Lipinski definition) is 17. The Labute approximate surface area is 817 Å². The first kappa shape index (κ1) is 96.4. The number of carbonyl (C=O) groups is 2. The van der Waals surface area contributed by atoms with Crippen molar-refractivity contribution in [3.8, 4) is 57.2 Å². The topological polar surface area (TPSA) is 274 Å².